The standard InChI is InChI=1S/C27H28N4O6/c1-16-11-18-12-17(7-8-22(18)36-16)24-28-23(30-37-24)20-5-4-6-21-19(20)9-10-31(21)13-27(29-25(32)33)14-34-26(2,3)35-15-27/h4-8,11-12,29H,9-10,13-15H2,1-3H3,(H,32,33). The second-order valence-corrected chi connectivity index (χ2v) is 10.2. The van der Waals surface area contributed by atoms with Crippen molar-refractivity contribution in [2.45, 2.75) is 38.5 Å². The fourth-order valence-corrected chi connectivity index (χ4v) is 5.14. The number of hydrogen-bond donors (Lipinski definition) is 2. The lowest BCUT2D eigenvalue weighted by Gasteiger charge is -2.45. The van der Waals surface area contributed by atoms with Gasteiger partial charge in [-0.3, -0.25) is 0 Å². The van der Waals surface area contributed by atoms with Gasteiger partial charge in [0, 0.05) is 35.3 Å². The number of aromatic nitrogens is 2. The molecule has 2 aliphatic heterocycles. The largest absolute Gasteiger partial charge is 0.465 e. The van der Waals surface area contributed by atoms with Crippen molar-refractivity contribution < 1.29 is 28.3 Å². The Balaban J connectivity index is 1.27. The van der Waals surface area contributed by atoms with Crippen LogP contribution < -0.4 is 10.2 Å². The van der Waals surface area contributed by atoms with Crippen molar-refractivity contribution in [3.05, 3.63) is 53.8 Å². The zero-order valence-electron chi connectivity index (χ0n) is 20.9. The van der Waals surface area contributed by atoms with E-state index in [9.17, 15) is 9.90 Å². The number of benzene rings is 2. The normalized spacial score (nSPS) is 18.2. The van der Waals surface area contributed by atoms with E-state index in [1.54, 1.807) is 0 Å². The Morgan fingerprint density at radius 1 is 1.16 bits per heavy atom. The molecule has 4 heterocycles. The van der Waals surface area contributed by atoms with Crippen LogP contribution in [0.5, 0.6) is 0 Å². The second-order valence-electron chi connectivity index (χ2n) is 10.2. The molecule has 37 heavy (non-hydrogen) atoms. The maximum atomic E-state index is 11.6. The molecule has 0 atom stereocenters. The molecule has 1 amide bonds. The first kappa shape index (κ1) is 23.5. The maximum absolute atomic E-state index is 11.6. The predicted octanol–water partition coefficient (Wildman–Crippen LogP) is 4.61. The SMILES string of the molecule is Cc1cc2cc(-c3nc(-c4cccc5c4CCN5CC4(NC(=O)O)COC(C)(C)OC4)no3)ccc2o1. The number of furan rings is 1. The van der Waals surface area contributed by atoms with Crippen molar-refractivity contribution in [3.63, 3.8) is 0 Å². The minimum Gasteiger partial charge on any atom is -0.465 e. The van der Waals surface area contributed by atoms with E-state index in [0.717, 1.165) is 52.1 Å². The van der Waals surface area contributed by atoms with Crippen LogP contribution in [-0.4, -0.2) is 59.0 Å². The Morgan fingerprint density at radius 2 is 1.97 bits per heavy atom. The number of aryl methyl sites for hydroxylation is 1. The molecule has 2 N–H and O–H groups in total. The number of carboxylic acid groups (broad SMARTS) is 1. The highest BCUT2D eigenvalue weighted by Crippen LogP contribution is 2.37. The van der Waals surface area contributed by atoms with E-state index in [0.29, 0.717) is 18.3 Å². The van der Waals surface area contributed by atoms with Crippen LogP contribution in [0.2, 0.25) is 0 Å². The zero-order chi connectivity index (χ0) is 25.8. The number of amides is 1. The summed E-state index contributed by atoms with van der Waals surface area (Å²) in [5.41, 5.74) is 3.75. The molecule has 0 saturated carbocycles. The van der Waals surface area contributed by atoms with Crippen molar-refractivity contribution in [2.24, 2.45) is 0 Å². The number of hydrogen-bond acceptors (Lipinski definition) is 8. The van der Waals surface area contributed by atoms with E-state index in [2.05, 4.69) is 15.4 Å². The summed E-state index contributed by atoms with van der Waals surface area (Å²) in [4.78, 5) is 18.5. The van der Waals surface area contributed by atoms with Crippen molar-refractivity contribution in [1.82, 2.24) is 15.5 Å². The van der Waals surface area contributed by atoms with Gasteiger partial charge in [-0.2, -0.15) is 4.98 Å². The van der Waals surface area contributed by atoms with Gasteiger partial charge in [-0.25, -0.2) is 4.79 Å². The minimum atomic E-state index is -1.11. The summed E-state index contributed by atoms with van der Waals surface area (Å²) in [7, 11) is 0. The Morgan fingerprint density at radius 3 is 2.76 bits per heavy atom. The molecule has 1 saturated heterocycles. The molecule has 2 aliphatic rings. The Kier molecular flexibility index (Phi) is 5.46. The van der Waals surface area contributed by atoms with E-state index in [1.165, 1.54) is 0 Å². The highest BCUT2D eigenvalue weighted by atomic mass is 16.7. The third kappa shape index (κ3) is 4.42. The lowest BCUT2D eigenvalue weighted by molar-refractivity contribution is -0.268. The molecule has 2 aromatic heterocycles. The molecule has 0 unspecified atom stereocenters. The molecule has 10 nitrogen and oxygen atoms in total. The Hall–Kier alpha value is -3.89. The van der Waals surface area contributed by atoms with Crippen molar-refractivity contribution in [2.75, 3.05) is 31.2 Å². The van der Waals surface area contributed by atoms with E-state index < -0.39 is 17.4 Å². The van der Waals surface area contributed by atoms with Crippen LogP contribution in [0.25, 0.3) is 33.8 Å². The van der Waals surface area contributed by atoms with Gasteiger partial charge in [-0.1, -0.05) is 17.3 Å². The summed E-state index contributed by atoms with van der Waals surface area (Å²) in [5.74, 6) is 1.04. The fraction of sp³-hybridized carbons (Fsp3) is 0.370. The summed E-state index contributed by atoms with van der Waals surface area (Å²) in [5, 5.41) is 17.4. The molecule has 0 radical (unpaired) electrons. The number of rotatable bonds is 5. The monoisotopic (exact) mass is 504 g/mol. The van der Waals surface area contributed by atoms with E-state index in [-0.39, 0.29) is 13.2 Å². The van der Waals surface area contributed by atoms with Gasteiger partial charge in [-0.15, -0.1) is 0 Å². The number of nitrogens with zero attached hydrogens (tertiary/aromatic N) is 3. The number of ether oxygens (including phenoxy) is 2. The minimum absolute atomic E-state index is 0.215. The highest BCUT2D eigenvalue weighted by Gasteiger charge is 2.43. The summed E-state index contributed by atoms with van der Waals surface area (Å²) in [6, 6.07) is 13.7. The Labute approximate surface area is 213 Å². The van der Waals surface area contributed by atoms with Gasteiger partial charge in [-0.05, 0) is 63.1 Å². The van der Waals surface area contributed by atoms with E-state index in [1.807, 2.05) is 63.2 Å². The van der Waals surface area contributed by atoms with Crippen LogP contribution in [0.1, 0.15) is 25.2 Å². The summed E-state index contributed by atoms with van der Waals surface area (Å²) >= 11 is 0. The summed E-state index contributed by atoms with van der Waals surface area (Å²) in [6.07, 6.45) is -0.338. The van der Waals surface area contributed by atoms with Crippen LogP contribution in [0.3, 0.4) is 0 Å². The number of fused-ring (bicyclic) bond motifs is 2. The van der Waals surface area contributed by atoms with Gasteiger partial charge in [0.1, 0.15) is 16.9 Å². The average molecular weight is 505 g/mol. The third-order valence-corrected chi connectivity index (χ3v) is 6.93. The van der Waals surface area contributed by atoms with E-state index in [4.69, 9.17) is 23.4 Å². The molecule has 0 aliphatic carbocycles. The van der Waals surface area contributed by atoms with Gasteiger partial charge >= 0.3 is 6.09 Å². The molecule has 1 fully saturated rings. The van der Waals surface area contributed by atoms with Gasteiger partial charge in [0.25, 0.3) is 5.89 Å². The van der Waals surface area contributed by atoms with Crippen molar-refractivity contribution >= 4 is 22.7 Å². The first-order chi connectivity index (χ1) is 17.7. The lowest BCUT2D eigenvalue weighted by Crippen LogP contribution is -2.65. The zero-order valence-corrected chi connectivity index (χ0v) is 20.9. The van der Waals surface area contributed by atoms with Gasteiger partial charge < -0.3 is 33.7 Å². The first-order valence-corrected chi connectivity index (χ1v) is 12.2. The van der Waals surface area contributed by atoms with Crippen LogP contribution in [0, 0.1) is 6.92 Å². The first-order valence-electron chi connectivity index (χ1n) is 12.2. The molecule has 6 rings (SSSR count). The molecule has 10 heteroatoms. The number of anilines is 1. The molecule has 2 aromatic carbocycles. The van der Waals surface area contributed by atoms with Crippen LogP contribution in [0.4, 0.5) is 10.5 Å². The average Bonchev–Trinajstić information content (AvgIpc) is 3.58. The Bertz CT molecular complexity index is 1480. The predicted molar refractivity (Wildman–Crippen MR) is 135 cm³/mol. The topological polar surface area (TPSA) is 123 Å². The molecular formula is C27H28N4O6. The molecule has 0 bridgehead atoms. The highest BCUT2D eigenvalue weighted by molar-refractivity contribution is 5.83. The lowest BCUT2D eigenvalue weighted by atomic mass is 9.99. The molecule has 0 spiro atoms. The smallest absolute Gasteiger partial charge is 0.405 e. The van der Waals surface area contributed by atoms with Crippen molar-refractivity contribution in [3.8, 4) is 22.8 Å². The quantitative estimate of drug-likeness (QED) is 0.401. The van der Waals surface area contributed by atoms with Gasteiger partial charge in [0.05, 0.1) is 13.2 Å². The van der Waals surface area contributed by atoms with Crippen LogP contribution >= 0.6 is 0 Å². The second kappa shape index (κ2) is 8.60. The molecule has 4 aromatic rings. The van der Waals surface area contributed by atoms with Gasteiger partial charge in [0.2, 0.25) is 5.82 Å². The molecule has 192 valence electrons. The molecular weight excluding hydrogens is 476 g/mol. The summed E-state index contributed by atoms with van der Waals surface area (Å²) in [6.45, 7) is 7.12. The summed E-state index contributed by atoms with van der Waals surface area (Å²) < 4.78 is 23.0. The van der Waals surface area contributed by atoms with E-state index >= 15 is 0 Å². The van der Waals surface area contributed by atoms with Gasteiger partial charge in [0.15, 0.2) is 5.79 Å². The fourth-order valence-electron chi connectivity index (χ4n) is 5.14. The third-order valence-electron chi connectivity index (χ3n) is 6.93. The number of carbonyl (C=O) groups is 1. The maximum Gasteiger partial charge on any atom is 0.405 e. The van der Waals surface area contributed by atoms with Crippen molar-refractivity contribution in [1.29, 1.82) is 0 Å². The number of nitrogens with one attached hydrogen (secondary N) is 1. The van der Waals surface area contributed by atoms with Crippen LogP contribution in [0.15, 0.2) is 51.4 Å². The van der Waals surface area contributed by atoms with Crippen LogP contribution in [-0.2, 0) is 15.9 Å².